The standard InChI is InChI=1S/C21H28N4O/c1-4-10-19(26)25-14-13-18-17(15-25)21(24(5-2)6-3)23-20(22-18)16-11-8-7-9-12-16/h7-9,11-12H,4-6,10,13-15H2,1-3H3. The molecule has 0 aliphatic carbocycles. The molecule has 0 saturated heterocycles. The minimum atomic E-state index is 0.232. The van der Waals surface area contributed by atoms with E-state index in [-0.39, 0.29) is 5.91 Å². The topological polar surface area (TPSA) is 49.3 Å². The Morgan fingerprint density at radius 1 is 1.12 bits per heavy atom. The summed E-state index contributed by atoms with van der Waals surface area (Å²) in [6.07, 6.45) is 2.29. The third-order valence-electron chi connectivity index (χ3n) is 4.95. The summed E-state index contributed by atoms with van der Waals surface area (Å²) in [5, 5.41) is 0. The van der Waals surface area contributed by atoms with Gasteiger partial charge < -0.3 is 9.80 Å². The van der Waals surface area contributed by atoms with Gasteiger partial charge in [-0.3, -0.25) is 4.79 Å². The van der Waals surface area contributed by atoms with E-state index in [2.05, 4.69) is 18.7 Å². The average molecular weight is 352 g/mol. The summed E-state index contributed by atoms with van der Waals surface area (Å²) in [4.78, 5) is 26.4. The molecule has 0 bridgehead atoms. The summed E-state index contributed by atoms with van der Waals surface area (Å²) in [5.74, 6) is 1.99. The Morgan fingerprint density at radius 2 is 1.85 bits per heavy atom. The van der Waals surface area contributed by atoms with Crippen LogP contribution in [0.15, 0.2) is 30.3 Å². The molecule has 3 rings (SSSR count). The SMILES string of the molecule is CCCC(=O)N1CCc2nc(-c3ccccc3)nc(N(CC)CC)c2C1. The lowest BCUT2D eigenvalue weighted by Gasteiger charge is -2.32. The summed E-state index contributed by atoms with van der Waals surface area (Å²) in [5.41, 5.74) is 3.23. The highest BCUT2D eigenvalue weighted by molar-refractivity contribution is 5.77. The smallest absolute Gasteiger partial charge is 0.222 e. The fourth-order valence-electron chi connectivity index (χ4n) is 3.48. The van der Waals surface area contributed by atoms with Crippen LogP contribution in [0.25, 0.3) is 11.4 Å². The first-order valence-corrected chi connectivity index (χ1v) is 9.65. The molecule has 0 radical (unpaired) electrons. The second-order valence-electron chi connectivity index (χ2n) is 6.65. The van der Waals surface area contributed by atoms with E-state index in [1.807, 2.05) is 42.2 Å². The van der Waals surface area contributed by atoms with E-state index < -0.39 is 0 Å². The molecule has 0 atom stereocenters. The molecule has 0 unspecified atom stereocenters. The van der Waals surface area contributed by atoms with Gasteiger partial charge in [-0.15, -0.1) is 0 Å². The molecule has 1 aromatic heterocycles. The maximum absolute atomic E-state index is 12.4. The first-order chi connectivity index (χ1) is 12.7. The van der Waals surface area contributed by atoms with E-state index in [4.69, 9.17) is 9.97 Å². The normalized spacial score (nSPS) is 13.4. The number of benzene rings is 1. The minimum absolute atomic E-state index is 0.232. The van der Waals surface area contributed by atoms with Crippen molar-refractivity contribution in [1.29, 1.82) is 0 Å². The molecule has 0 fully saturated rings. The number of nitrogens with zero attached hydrogens (tertiary/aromatic N) is 4. The molecule has 1 aliphatic rings. The lowest BCUT2D eigenvalue weighted by Crippen LogP contribution is -2.38. The van der Waals surface area contributed by atoms with E-state index in [1.165, 1.54) is 0 Å². The number of hydrogen-bond acceptors (Lipinski definition) is 4. The van der Waals surface area contributed by atoms with Gasteiger partial charge in [0.1, 0.15) is 5.82 Å². The van der Waals surface area contributed by atoms with Gasteiger partial charge in [0.15, 0.2) is 5.82 Å². The van der Waals surface area contributed by atoms with Crippen LogP contribution in [0.2, 0.25) is 0 Å². The van der Waals surface area contributed by atoms with Crippen LogP contribution in [-0.4, -0.2) is 40.4 Å². The number of carbonyl (C=O) groups is 1. The fraction of sp³-hybridized carbons (Fsp3) is 0.476. The minimum Gasteiger partial charge on any atom is -0.357 e. The number of carbonyl (C=O) groups excluding carboxylic acids is 1. The van der Waals surface area contributed by atoms with Crippen LogP contribution in [0.3, 0.4) is 0 Å². The third-order valence-corrected chi connectivity index (χ3v) is 4.95. The summed E-state index contributed by atoms with van der Waals surface area (Å²) in [6, 6.07) is 10.1. The van der Waals surface area contributed by atoms with Crippen molar-refractivity contribution in [3.63, 3.8) is 0 Å². The number of fused-ring (bicyclic) bond motifs is 1. The Morgan fingerprint density at radius 3 is 2.50 bits per heavy atom. The van der Waals surface area contributed by atoms with E-state index in [0.717, 1.165) is 60.9 Å². The van der Waals surface area contributed by atoms with Gasteiger partial charge in [-0.05, 0) is 20.3 Å². The van der Waals surface area contributed by atoms with Crippen LogP contribution in [0, 0.1) is 0 Å². The number of hydrogen-bond donors (Lipinski definition) is 0. The van der Waals surface area contributed by atoms with Gasteiger partial charge in [-0.2, -0.15) is 0 Å². The zero-order chi connectivity index (χ0) is 18.5. The first kappa shape index (κ1) is 18.4. The molecule has 0 N–H and O–H groups in total. The van der Waals surface area contributed by atoms with Crippen molar-refractivity contribution in [2.75, 3.05) is 24.5 Å². The van der Waals surface area contributed by atoms with Crippen molar-refractivity contribution in [2.45, 2.75) is 46.6 Å². The molecule has 1 amide bonds. The van der Waals surface area contributed by atoms with Crippen LogP contribution >= 0.6 is 0 Å². The quantitative estimate of drug-likeness (QED) is 0.796. The van der Waals surface area contributed by atoms with Crippen LogP contribution in [-0.2, 0) is 17.8 Å². The molecule has 5 nitrogen and oxygen atoms in total. The van der Waals surface area contributed by atoms with Crippen molar-refractivity contribution >= 4 is 11.7 Å². The zero-order valence-corrected chi connectivity index (χ0v) is 16.0. The van der Waals surface area contributed by atoms with Crippen molar-refractivity contribution < 1.29 is 4.79 Å². The van der Waals surface area contributed by atoms with Crippen LogP contribution in [0.1, 0.15) is 44.9 Å². The van der Waals surface area contributed by atoms with Crippen molar-refractivity contribution in [3.05, 3.63) is 41.6 Å². The predicted molar refractivity (Wildman–Crippen MR) is 105 cm³/mol. The molecule has 2 aromatic rings. The van der Waals surface area contributed by atoms with Gasteiger partial charge in [0.05, 0.1) is 12.2 Å². The van der Waals surface area contributed by atoms with Crippen molar-refractivity contribution in [2.24, 2.45) is 0 Å². The lowest BCUT2D eigenvalue weighted by molar-refractivity contribution is -0.132. The molecule has 26 heavy (non-hydrogen) atoms. The Labute approximate surface area is 156 Å². The maximum Gasteiger partial charge on any atom is 0.222 e. The summed E-state index contributed by atoms with van der Waals surface area (Å²) in [7, 11) is 0. The first-order valence-electron chi connectivity index (χ1n) is 9.65. The van der Waals surface area contributed by atoms with Crippen molar-refractivity contribution in [1.82, 2.24) is 14.9 Å². The highest BCUT2D eigenvalue weighted by atomic mass is 16.2. The van der Waals surface area contributed by atoms with E-state index >= 15 is 0 Å². The lowest BCUT2D eigenvalue weighted by atomic mass is 10.0. The summed E-state index contributed by atoms with van der Waals surface area (Å²) in [6.45, 7) is 9.47. The third kappa shape index (κ3) is 3.71. The van der Waals surface area contributed by atoms with Gasteiger partial charge in [-0.25, -0.2) is 9.97 Å². The maximum atomic E-state index is 12.4. The fourth-order valence-corrected chi connectivity index (χ4v) is 3.48. The molecule has 138 valence electrons. The van der Waals surface area contributed by atoms with Crippen LogP contribution in [0.4, 0.5) is 5.82 Å². The second-order valence-corrected chi connectivity index (χ2v) is 6.65. The van der Waals surface area contributed by atoms with Gasteiger partial charge in [-0.1, -0.05) is 37.3 Å². The Hall–Kier alpha value is -2.43. The van der Waals surface area contributed by atoms with E-state index in [0.29, 0.717) is 13.0 Å². The Kier molecular flexibility index (Phi) is 5.86. The zero-order valence-electron chi connectivity index (χ0n) is 16.0. The number of rotatable bonds is 6. The molecule has 0 saturated carbocycles. The Balaban J connectivity index is 2.03. The molecular formula is C21H28N4O. The molecule has 2 heterocycles. The largest absolute Gasteiger partial charge is 0.357 e. The predicted octanol–water partition coefficient (Wildman–Crippen LogP) is 3.67. The Bertz CT molecular complexity index is 756. The van der Waals surface area contributed by atoms with Crippen LogP contribution in [0.5, 0.6) is 0 Å². The van der Waals surface area contributed by atoms with E-state index in [9.17, 15) is 4.79 Å². The van der Waals surface area contributed by atoms with Gasteiger partial charge >= 0.3 is 0 Å². The van der Waals surface area contributed by atoms with E-state index in [1.54, 1.807) is 0 Å². The molecular weight excluding hydrogens is 324 g/mol. The van der Waals surface area contributed by atoms with Gasteiger partial charge in [0.2, 0.25) is 5.91 Å². The summed E-state index contributed by atoms with van der Waals surface area (Å²) < 4.78 is 0. The number of aromatic nitrogens is 2. The van der Waals surface area contributed by atoms with Crippen molar-refractivity contribution in [3.8, 4) is 11.4 Å². The second kappa shape index (κ2) is 8.30. The van der Waals surface area contributed by atoms with Gasteiger partial charge in [0, 0.05) is 43.6 Å². The molecule has 1 aliphatic heterocycles. The van der Waals surface area contributed by atoms with Gasteiger partial charge in [0.25, 0.3) is 0 Å². The molecule has 0 spiro atoms. The average Bonchev–Trinajstić information content (AvgIpc) is 2.69. The molecule has 1 aromatic carbocycles. The summed E-state index contributed by atoms with van der Waals surface area (Å²) >= 11 is 0. The molecule has 5 heteroatoms. The number of amides is 1. The highest BCUT2D eigenvalue weighted by Crippen LogP contribution is 2.30. The monoisotopic (exact) mass is 352 g/mol. The highest BCUT2D eigenvalue weighted by Gasteiger charge is 2.26. The van der Waals surface area contributed by atoms with Crippen LogP contribution < -0.4 is 4.90 Å². The number of anilines is 1.